The lowest BCUT2D eigenvalue weighted by atomic mass is 9.53. The monoisotopic (exact) mass is 158 g/mol. The van der Waals surface area contributed by atoms with Gasteiger partial charge in [0.05, 0.1) is 0 Å². The molecule has 1 heterocycles. The van der Waals surface area contributed by atoms with Gasteiger partial charge in [0.1, 0.15) is 5.60 Å². The second-order valence-electron chi connectivity index (χ2n) is 3.98. The molecule has 0 spiro atoms. The maximum absolute atomic E-state index is 5.13. The highest BCUT2D eigenvalue weighted by molar-refractivity contribution is 6.49. The molecule has 0 aromatic heterocycles. The van der Waals surface area contributed by atoms with Crippen LogP contribution in [0, 0.1) is 0 Å². The standard InChI is InChI=1S/C7H15BO3/c1-6(2)7(3,4)10-11-8(6)9-5/h1-5H3. The molecule has 0 aliphatic carbocycles. The summed E-state index contributed by atoms with van der Waals surface area (Å²) < 4.78 is 5.11. The van der Waals surface area contributed by atoms with E-state index in [4.69, 9.17) is 14.3 Å². The Morgan fingerprint density at radius 3 is 1.91 bits per heavy atom. The Balaban J connectivity index is 2.81. The first-order chi connectivity index (χ1) is 4.92. The maximum atomic E-state index is 5.13. The SMILES string of the molecule is COB1OOC(C)(C)C1(C)C. The number of rotatable bonds is 1. The third-order valence-corrected chi connectivity index (χ3v) is 2.70. The van der Waals surface area contributed by atoms with Crippen LogP contribution in [0.4, 0.5) is 0 Å². The Morgan fingerprint density at radius 2 is 1.73 bits per heavy atom. The third kappa shape index (κ3) is 1.19. The topological polar surface area (TPSA) is 27.7 Å². The Hall–Kier alpha value is -0.0551. The fraction of sp³-hybridized carbons (Fsp3) is 1.00. The molecule has 1 fully saturated rings. The van der Waals surface area contributed by atoms with Crippen LogP contribution in [0.5, 0.6) is 0 Å². The molecule has 0 atom stereocenters. The average Bonchev–Trinajstić information content (AvgIpc) is 2.05. The second-order valence-corrected chi connectivity index (χ2v) is 3.98. The summed E-state index contributed by atoms with van der Waals surface area (Å²) in [4.78, 5) is 10.1. The fourth-order valence-electron chi connectivity index (χ4n) is 1.01. The summed E-state index contributed by atoms with van der Waals surface area (Å²) in [6.45, 7) is 8.11. The van der Waals surface area contributed by atoms with Crippen molar-refractivity contribution in [3.05, 3.63) is 0 Å². The van der Waals surface area contributed by atoms with Gasteiger partial charge in [0.15, 0.2) is 0 Å². The maximum Gasteiger partial charge on any atom is 0.499 e. The minimum atomic E-state index is -0.284. The number of hydrogen-bond acceptors (Lipinski definition) is 3. The average molecular weight is 158 g/mol. The highest BCUT2D eigenvalue weighted by atomic mass is 17.2. The van der Waals surface area contributed by atoms with Crippen molar-refractivity contribution in [1.82, 2.24) is 0 Å². The quantitative estimate of drug-likeness (QED) is 0.428. The summed E-state index contributed by atoms with van der Waals surface area (Å²) in [7, 11) is 1.36. The first-order valence-corrected chi connectivity index (χ1v) is 3.79. The first-order valence-electron chi connectivity index (χ1n) is 3.79. The lowest BCUT2D eigenvalue weighted by Crippen LogP contribution is -2.38. The van der Waals surface area contributed by atoms with E-state index in [9.17, 15) is 0 Å². The fourth-order valence-corrected chi connectivity index (χ4v) is 1.01. The van der Waals surface area contributed by atoms with Crippen LogP contribution in [0.2, 0.25) is 5.31 Å². The summed E-state index contributed by atoms with van der Waals surface area (Å²) in [6, 6.07) is 0. The molecule has 64 valence electrons. The van der Waals surface area contributed by atoms with Crippen LogP contribution in [-0.4, -0.2) is 19.8 Å². The molecule has 1 rings (SSSR count). The van der Waals surface area contributed by atoms with Crippen molar-refractivity contribution in [3.8, 4) is 0 Å². The van der Waals surface area contributed by atoms with Crippen LogP contribution >= 0.6 is 0 Å². The van der Waals surface area contributed by atoms with E-state index in [0.717, 1.165) is 0 Å². The molecule has 4 heteroatoms. The van der Waals surface area contributed by atoms with Crippen LogP contribution in [0.1, 0.15) is 27.7 Å². The van der Waals surface area contributed by atoms with Gasteiger partial charge in [0, 0.05) is 12.4 Å². The van der Waals surface area contributed by atoms with Gasteiger partial charge in [-0.25, -0.2) is 4.89 Å². The summed E-state index contributed by atoms with van der Waals surface area (Å²) in [6.07, 6.45) is 0. The zero-order valence-electron chi connectivity index (χ0n) is 7.80. The second kappa shape index (κ2) is 2.47. The van der Waals surface area contributed by atoms with E-state index in [2.05, 4.69) is 13.8 Å². The van der Waals surface area contributed by atoms with Crippen molar-refractivity contribution < 1.29 is 14.3 Å². The largest absolute Gasteiger partial charge is 0.499 e. The van der Waals surface area contributed by atoms with Gasteiger partial charge >= 0.3 is 7.12 Å². The van der Waals surface area contributed by atoms with E-state index in [1.54, 1.807) is 7.11 Å². The van der Waals surface area contributed by atoms with E-state index >= 15 is 0 Å². The van der Waals surface area contributed by atoms with Gasteiger partial charge in [0.2, 0.25) is 0 Å². The van der Waals surface area contributed by atoms with Gasteiger partial charge in [-0.3, -0.25) is 4.81 Å². The van der Waals surface area contributed by atoms with Crippen molar-refractivity contribution in [3.63, 3.8) is 0 Å². The normalized spacial score (nSPS) is 27.5. The Kier molecular flexibility index (Phi) is 2.03. The van der Waals surface area contributed by atoms with Crippen LogP contribution in [-0.2, 0) is 14.3 Å². The molecule has 1 aliphatic rings. The Bertz CT molecular complexity index is 156. The summed E-state index contributed by atoms with van der Waals surface area (Å²) in [5.74, 6) is 0. The minimum absolute atomic E-state index is 0.109. The molecule has 1 saturated heterocycles. The van der Waals surface area contributed by atoms with Crippen molar-refractivity contribution in [1.29, 1.82) is 0 Å². The summed E-state index contributed by atoms with van der Waals surface area (Å²) in [5.41, 5.74) is -0.284. The Morgan fingerprint density at radius 1 is 1.18 bits per heavy atom. The van der Waals surface area contributed by atoms with E-state index in [0.29, 0.717) is 0 Å². The zero-order valence-corrected chi connectivity index (χ0v) is 7.80. The first kappa shape index (κ1) is 9.04. The van der Waals surface area contributed by atoms with Gasteiger partial charge in [-0.2, -0.15) is 0 Å². The molecule has 11 heavy (non-hydrogen) atoms. The zero-order chi connectivity index (χ0) is 8.70. The van der Waals surface area contributed by atoms with Crippen LogP contribution < -0.4 is 0 Å². The molecule has 0 aromatic carbocycles. The number of hydrogen-bond donors (Lipinski definition) is 0. The molecule has 0 amide bonds. The molecule has 0 aromatic rings. The van der Waals surface area contributed by atoms with E-state index in [1.807, 2.05) is 13.8 Å². The summed E-state index contributed by atoms with van der Waals surface area (Å²) >= 11 is 0. The predicted molar refractivity (Wildman–Crippen MR) is 43.1 cm³/mol. The molecule has 0 unspecified atom stereocenters. The van der Waals surface area contributed by atoms with Crippen molar-refractivity contribution in [2.24, 2.45) is 0 Å². The predicted octanol–water partition coefficient (Wildman–Crippen LogP) is 1.64. The molecule has 0 saturated carbocycles. The van der Waals surface area contributed by atoms with Crippen molar-refractivity contribution in [2.45, 2.75) is 38.6 Å². The lowest BCUT2D eigenvalue weighted by molar-refractivity contribution is -0.266. The van der Waals surface area contributed by atoms with E-state index < -0.39 is 0 Å². The van der Waals surface area contributed by atoms with Gasteiger partial charge < -0.3 is 4.65 Å². The van der Waals surface area contributed by atoms with E-state index in [-0.39, 0.29) is 18.0 Å². The molecule has 1 aliphatic heterocycles. The van der Waals surface area contributed by atoms with Crippen LogP contribution in [0.25, 0.3) is 0 Å². The van der Waals surface area contributed by atoms with Gasteiger partial charge in [-0.1, -0.05) is 13.8 Å². The molecule has 0 bridgehead atoms. The molecule has 0 radical (unpaired) electrons. The van der Waals surface area contributed by atoms with E-state index in [1.165, 1.54) is 0 Å². The van der Waals surface area contributed by atoms with Gasteiger partial charge in [-0.05, 0) is 13.8 Å². The van der Waals surface area contributed by atoms with Crippen molar-refractivity contribution in [2.75, 3.05) is 7.11 Å². The highest BCUT2D eigenvalue weighted by Crippen LogP contribution is 2.48. The molecule has 3 nitrogen and oxygen atoms in total. The lowest BCUT2D eigenvalue weighted by Gasteiger charge is -2.30. The van der Waals surface area contributed by atoms with Gasteiger partial charge in [0.25, 0.3) is 0 Å². The molecule has 0 N–H and O–H groups in total. The molecular weight excluding hydrogens is 143 g/mol. The third-order valence-electron chi connectivity index (χ3n) is 2.70. The van der Waals surface area contributed by atoms with Crippen molar-refractivity contribution >= 4 is 7.12 Å². The van der Waals surface area contributed by atoms with Crippen LogP contribution in [0.15, 0.2) is 0 Å². The smallest absolute Gasteiger partial charge is 0.412 e. The Labute approximate surface area is 68.1 Å². The van der Waals surface area contributed by atoms with Gasteiger partial charge in [-0.15, -0.1) is 0 Å². The highest BCUT2D eigenvalue weighted by Gasteiger charge is 2.57. The summed E-state index contributed by atoms with van der Waals surface area (Å²) in [5, 5.41) is -0.109. The minimum Gasteiger partial charge on any atom is -0.412 e. The molecular formula is C7H15BO3. The van der Waals surface area contributed by atoms with Crippen LogP contribution in [0.3, 0.4) is 0 Å².